The molecule has 19 heavy (non-hydrogen) atoms. The first kappa shape index (κ1) is 13.1. The van der Waals surface area contributed by atoms with Gasteiger partial charge in [0.25, 0.3) is 0 Å². The second-order valence-electron chi connectivity index (χ2n) is 6.44. The molecule has 1 fully saturated rings. The first-order valence-electron chi connectivity index (χ1n) is 7.82. The highest BCUT2D eigenvalue weighted by atomic mass is 15.0. The van der Waals surface area contributed by atoms with Crippen LogP contribution in [0.2, 0.25) is 0 Å². The monoisotopic (exact) mass is 258 g/mol. The fraction of sp³-hybridized carbons (Fsp3) is 0.647. The quantitative estimate of drug-likeness (QED) is 0.873. The SMILES string of the molecule is CC1CCC(CN)(NC2CCCC2)c2ccccc21. The Morgan fingerprint density at radius 2 is 1.95 bits per heavy atom. The van der Waals surface area contributed by atoms with Gasteiger partial charge >= 0.3 is 0 Å². The average Bonchev–Trinajstić information content (AvgIpc) is 2.95. The molecule has 2 heteroatoms. The molecule has 0 amide bonds. The molecule has 2 aliphatic rings. The molecule has 0 spiro atoms. The van der Waals surface area contributed by atoms with Crippen LogP contribution in [0.25, 0.3) is 0 Å². The van der Waals surface area contributed by atoms with Gasteiger partial charge in [0.2, 0.25) is 0 Å². The van der Waals surface area contributed by atoms with Crippen molar-refractivity contribution in [2.45, 2.75) is 62.9 Å². The van der Waals surface area contributed by atoms with Gasteiger partial charge in [-0.25, -0.2) is 0 Å². The van der Waals surface area contributed by atoms with Gasteiger partial charge in [0.15, 0.2) is 0 Å². The van der Waals surface area contributed by atoms with Crippen LogP contribution in [0.3, 0.4) is 0 Å². The first-order chi connectivity index (χ1) is 9.25. The van der Waals surface area contributed by atoms with Crippen molar-refractivity contribution >= 4 is 0 Å². The fourth-order valence-electron chi connectivity index (χ4n) is 4.00. The van der Waals surface area contributed by atoms with Gasteiger partial charge in [-0.1, -0.05) is 44.0 Å². The molecule has 3 rings (SSSR count). The average molecular weight is 258 g/mol. The standard InChI is InChI=1S/C17H26N2/c1-13-10-11-17(12-18,19-14-6-2-3-7-14)16-9-5-4-8-15(13)16/h4-5,8-9,13-14,19H,2-3,6-7,10-12,18H2,1H3. The summed E-state index contributed by atoms with van der Waals surface area (Å²) in [7, 11) is 0. The lowest BCUT2D eigenvalue weighted by Gasteiger charge is -2.43. The molecule has 1 saturated carbocycles. The van der Waals surface area contributed by atoms with Crippen molar-refractivity contribution in [3.05, 3.63) is 35.4 Å². The Bertz CT molecular complexity index is 437. The predicted molar refractivity (Wildman–Crippen MR) is 80.2 cm³/mol. The molecule has 1 aromatic carbocycles. The first-order valence-corrected chi connectivity index (χ1v) is 7.82. The molecule has 0 bridgehead atoms. The molecule has 0 heterocycles. The maximum Gasteiger partial charge on any atom is 0.0563 e. The molecule has 104 valence electrons. The second-order valence-corrected chi connectivity index (χ2v) is 6.44. The third-order valence-electron chi connectivity index (χ3n) is 5.20. The van der Waals surface area contributed by atoms with Gasteiger partial charge in [0.1, 0.15) is 0 Å². The molecular formula is C17H26N2. The van der Waals surface area contributed by atoms with Gasteiger partial charge in [0.05, 0.1) is 5.54 Å². The molecule has 3 N–H and O–H groups in total. The van der Waals surface area contributed by atoms with E-state index < -0.39 is 0 Å². The highest BCUT2D eigenvalue weighted by molar-refractivity contribution is 5.39. The van der Waals surface area contributed by atoms with E-state index in [0.717, 1.165) is 0 Å². The lowest BCUT2D eigenvalue weighted by atomic mass is 9.72. The van der Waals surface area contributed by atoms with Gasteiger partial charge in [-0.05, 0) is 42.7 Å². The minimum absolute atomic E-state index is 0.0259. The Morgan fingerprint density at radius 1 is 1.21 bits per heavy atom. The largest absolute Gasteiger partial charge is 0.328 e. The lowest BCUT2D eigenvalue weighted by molar-refractivity contribution is 0.248. The molecule has 2 atom stereocenters. The van der Waals surface area contributed by atoms with Crippen LogP contribution in [0, 0.1) is 0 Å². The maximum atomic E-state index is 6.21. The van der Waals surface area contributed by atoms with Crippen LogP contribution in [-0.4, -0.2) is 12.6 Å². The van der Waals surface area contributed by atoms with E-state index in [1.54, 1.807) is 0 Å². The van der Waals surface area contributed by atoms with Crippen molar-refractivity contribution in [1.82, 2.24) is 5.32 Å². The molecule has 2 nitrogen and oxygen atoms in total. The number of benzene rings is 1. The number of hydrogen-bond donors (Lipinski definition) is 2. The maximum absolute atomic E-state index is 6.21. The zero-order chi connectivity index (χ0) is 13.3. The number of fused-ring (bicyclic) bond motifs is 1. The highest BCUT2D eigenvalue weighted by Crippen LogP contribution is 2.41. The Labute approximate surface area is 116 Å². The van der Waals surface area contributed by atoms with Gasteiger partial charge in [0, 0.05) is 12.6 Å². The van der Waals surface area contributed by atoms with E-state index in [9.17, 15) is 0 Å². The number of nitrogens with two attached hydrogens (primary N) is 1. The molecule has 2 unspecified atom stereocenters. The van der Waals surface area contributed by atoms with Crippen LogP contribution >= 0.6 is 0 Å². The van der Waals surface area contributed by atoms with Crippen LogP contribution < -0.4 is 11.1 Å². The number of nitrogens with one attached hydrogen (secondary N) is 1. The lowest BCUT2D eigenvalue weighted by Crippen LogP contribution is -2.54. The summed E-state index contributed by atoms with van der Waals surface area (Å²) in [5.41, 5.74) is 9.21. The van der Waals surface area contributed by atoms with E-state index in [0.29, 0.717) is 18.5 Å². The van der Waals surface area contributed by atoms with E-state index in [2.05, 4.69) is 36.5 Å². The number of hydrogen-bond acceptors (Lipinski definition) is 2. The van der Waals surface area contributed by atoms with E-state index >= 15 is 0 Å². The van der Waals surface area contributed by atoms with Crippen molar-refractivity contribution in [2.75, 3.05) is 6.54 Å². The fourth-order valence-corrected chi connectivity index (χ4v) is 4.00. The van der Waals surface area contributed by atoms with Crippen molar-refractivity contribution in [3.8, 4) is 0 Å². The number of rotatable bonds is 3. The third-order valence-corrected chi connectivity index (χ3v) is 5.20. The van der Waals surface area contributed by atoms with Crippen molar-refractivity contribution in [2.24, 2.45) is 5.73 Å². The predicted octanol–water partition coefficient (Wildman–Crippen LogP) is 3.27. The van der Waals surface area contributed by atoms with Gasteiger partial charge in [-0.2, -0.15) is 0 Å². The summed E-state index contributed by atoms with van der Waals surface area (Å²) in [4.78, 5) is 0. The van der Waals surface area contributed by atoms with E-state index in [-0.39, 0.29) is 5.54 Å². The zero-order valence-electron chi connectivity index (χ0n) is 12.0. The van der Waals surface area contributed by atoms with Crippen molar-refractivity contribution in [3.63, 3.8) is 0 Å². The minimum Gasteiger partial charge on any atom is -0.328 e. The van der Waals surface area contributed by atoms with Crippen LogP contribution in [0.5, 0.6) is 0 Å². The van der Waals surface area contributed by atoms with Gasteiger partial charge in [-0.3, -0.25) is 0 Å². The summed E-state index contributed by atoms with van der Waals surface area (Å²) in [5, 5.41) is 3.93. The van der Waals surface area contributed by atoms with E-state index in [1.165, 1.54) is 49.7 Å². The van der Waals surface area contributed by atoms with Crippen molar-refractivity contribution in [1.29, 1.82) is 0 Å². The molecule has 0 aliphatic heterocycles. The molecule has 0 aromatic heterocycles. The topological polar surface area (TPSA) is 38.0 Å². The molecule has 2 aliphatic carbocycles. The Kier molecular flexibility index (Phi) is 3.64. The van der Waals surface area contributed by atoms with Crippen LogP contribution in [-0.2, 0) is 5.54 Å². The Morgan fingerprint density at radius 3 is 2.68 bits per heavy atom. The van der Waals surface area contributed by atoms with Crippen LogP contribution in [0.1, 0.15) is 62.5 Å². The van der Waals surface area contributed by atoms with Crippen LogP contribution in [0.4, 0.5) is 0 Å². The van der Waals surface area contributed by atoms with E-state index in [1.807, 2.05) is 0 Å². The zero-order valence-corrected chi connectivity index (χ0v) is 12.0. The summed E-state index contributed by atoms with van der Waals surface area (Å²) in [6, 6.07) is 9.58. The van der Waals surface area contributed by atoms with Crippen LogP contribution in [0.15, 0.2) is 24.3 Å². The minimum atomic E-state index is 0.0259. The summed E-state index contributed by atoms with van der Waals surface area (Å²) in [5.74, 6) is 0.668. The summed E-state index contributed by atoms with van der Waals surface area (Å²) in [6.45, 7) is 3.06. The molecular weight excluding hydrogens is 232 g/mol. The summed E-state index contributed by atoms with van der Waals surface area (Å²) >= 11 is 0. The molecule has 0 saturated heterocycles. The Balaban J connectivity index is 1.94. The van der Waals surface area contributed by atoms with E-state index in [4.69, 9.17) is 5.73 Å². The van der Waals surface area contributed by atoms with Gasteiger partial charge < -0.3 is 11.1 Å². The summed E-state index contributed by atoms with van der Waals surface area (Å²) < 4.78 is 0. The second kappa shape index (κ2) is 5.26. The van der Waals surface area contributed by atoms with Gasteiger partial charge in [-0.15, -0.1) is 0 Å². The molecule has 0 radical (unpaired) electrons. The van der Waals surface area contributed by atoms with Crippen molar-refractivity contribution < 1.29 is 0 Å². The molecule has 1 aromatic rings. The third kappa shape index (κ3) is 2.32. The normalized spacial score (nSPS) is 31.4. The Hall–Kier alpha value is -0.860. The smallest absolute Gasteiger partial charge is 0.0563 e. The highest BCUT2D eigenvalue weighted by Gasteiger charge is 2.39. The summed E-state index contributed by atoms with van der Waals surface area (Å²) in [6.07, 6.45) is 7.80.